The van der Waals surface area contributed by atoms with E-state index in [1.807, 2.05) is 18.2 Å². The van der Waals surface area contributed by atoms with Gasteiger partial charge in [0.15, 0.2) is 0 Å². The summed E-state index contributed by atoms with van der Waals surface area (Å²) in [7, 11) is 0. The number of carbonyl (C=O) groups is 1. The summed E-state index contributed by atoms with van der Waals surface area (Å²) in [5.74, 6) is 0.494. The first kappa shape index (κ1) is 21.6. The highest BCUT2D eigenvalue weighted by molar-refractivity contribution is 5.79. The van der Waals surface area contributed by atoms with E-state index in [9.17, 15) is 9.18 Å². The van der Waals surface area contributed by atoms with Gasteiger partial charge < -0.3 is 15.2 Å². The van der Waals surface area contributed by atoms with Crippen LogP contribution in [0.3, 0.4) is 0 Å². The number of rotatable bonds is 6. The molecule has 2 N–H and O–H groups in total. The molecular formula is C28H26FN3O3. The highest BCUT2D eigenvalue weighted by atomic mass is 19.1. The number of nitrogens with one attached hydrogen (secondary N) is 1. The molecule has 4 aromatic rings. The van der Waals surface area contributed by atoms with Gasteiger partial charge in [-0.3, -0.25) is 9.36 Å². The Morgan fingerprint density at radius 1 is 1.20 bits per heavy atom. The van der Waals surface area contributed by atoms with E-state index >= 15 is 0 Å². The van der Waals surface area contributed by atoms with Gasteiger partial charge in [-0.15, -0.1) is 0 Å². The first-order chi connectivity index (χ1) is 17.0. The third-order valence-electron chi connectivity index (χ3n) is 7.14. The van der Waals surface area contributed by atoms with Gasteiger partial charge in [0.25, 0.3) is 0 Å². The van der Waals surface area contributed by atoms with Crippen molar-refractivity contribution in [3.8, 4) is 11.4 Å². The van der Waals surface area contributed by atoms with Crippen molar-refractivity contribution in [1.82, 2.24) is 9.55 Å². The molecule has 1 unspecified atom stereocenters. The first-order valence-electron chi connectivity index (χ1n) is 12.1. The summed E-state index contributed by atoms with van der Waals surface area (Å²) in [6.45, 7) is 2.47. The van der Waals surface area contributed by atoms with Crippen LogP contribution in [0.2, 0.25) is 0 Å². The van der Waals surface area contributed by atoms with Crippen molar-refractivity contribution in [3.63, 3.8) is 0 Å². The number of hydrogen-bond donors (Lipinski definition) is 2. The van der Waals surface area contributed by atoms with Crippen molar-refractivity contribution < 1.29 is 19.0 Å². The molecule has 0 saturated carbocycles. The molecule has 0 radical (unpaired) electrons. The van der Waals surface area contributed by atoms with Crippen molar-refractivity contribution in [2.75, 3.05) is 11.9 Å². The maximum atomic E-state index is 14.1. The molecule has 0 spiro atoms. The minimum absolute atomic E-state index is 0.0745. The van der Waals surface area contributed by atoms with Gasteiger partial charge in [-0.25, -0.2) is 9.37 Å². The molecule has 35 heavy (non-hydrogen) atoms. The van der Waals surface area contributed by atoms with Crippen LogP contribution in [-0.4, -0.2) is 27.2 Å². The fourth-order valence-electron chi connectivity index (χ4n) is 5.55. The zero-order valence-corrected chi connectivity index (χ0v) is 19.4. The number of anilines is 1. The standard InChI is InChI=1S/C28H26FN3O3/c1-2-27-31-23-10-6-17(29)13-25(23)32(27)24-5-3-4-20-21(24)9-11-22(20)30-18-7-8-19-16(12-28(33)34)15-35-26(19)14-18/h3-8,10,13-14,16,22,30H,2,9,11-12,15H2,1H3,(H,33,34)/t16-,22?/m1/s1. The lowest BCUT2D eigenvalue weighted by Crippen LogP contribution is -2.08. The number of hydrogen-bond acceptors (Lipinski definition) is 4. The van der Waals surface area contributed by atoms with Crippen LogP contribution in [0.25, 0.3) is 16.7 Å². The second kappa shape index (κ2) is 8.41. The van der Waals surface area contributed by atoms with Crippen molar-refractivity contribution in [1.29, 1.82) is 0 Å². The van der Waals surface area contributed by atoms with Gasteiger partial charge in [-0.2, -0.15) is 0 Å². The number of halogens is 1. The molecule has 6 nitrogen and oxygen atoms in total. The molecule has 2 atom stereocenters. The van der Waals surface area contributed by atoms with E-state index in [4.69, 9.17) is 14.8 Å². The predicted octanol–water partition coefficient (Wildman–Crippen LogP) is 5.78. The topological polar surface area (TPSA) is 76.4 Å². The number of imidazole rings is 1. The first-order valence-corrected chi connectivity index (χ1v) is 12.1. The van der Waals surface area contributed by atoms with Gasteiger partial charge in [-0.1, -0.05) is 25.1 Å². The lowest BCUT2D eigenvalue weighted by molar-refractivity contribution is -0.137. The summed E-state index contributed by atoms with van der Waals surface area (Å²) in [5, 5.41) is 12.8. The largest absolute Gasteiger partial charge is 0.493 e. The average Bonchev–Trinajstić information content (AvgIpc) is 3.54. The quantitative estimate of drug-likeness (QED) is 0.373. The minimum atomic E-state index is -0.813. The van der Waals surface area contributed by atoms with Crippen LogP contribution in [0.1, 0.15) is 54.2 Å². The van der Waals surface area contributed by atoms with E-state index in [2.05, 4.69) is 35.0 Å². The van der Waals surface area contributed by atoms with Crippen LogP contribution < -0.4 is 10.1 Å². The van der Waals surface area contributed by atoms with Crippen LogP contribution in [-0.2, 0) is 17.6 Å². The Balaban J connectivity index is 1.33. The van der Waals surface area contributed by atoms with E-state index in [0.717, 1.165) is 58.8 Å². The van der Waals surface area contributed by atoms with E-state index in [1.165, 1.54) is 17.2 Å². The average molecular weight is 472 g/mol. The van der Waals surface area contributed by atoms with Gasteiger partial charge >= 0.3 is 5.97 Å². The number of benzene rings is 3. The van der Waals surface area contributed by atoms with Gasteiger partial charge in [0, 0.05) is 35.7 Å². The van der Waals surface area contributed by atoms with Crippen LogP contribution in [0.5, 0.6) is 5.75 Å². The second-order valence-corrected chi connectivity index (χ2v) is 9.29. The number of nitrogens with zero attached hydrogens (tertiary/aromatic N) is 2. The molecule has 0 saturated heterocycles. The maximum absolute atomic E-state index is 14.1. The molecule has 1 aromatic heterocycles. The lowest BCUT2D eigenvalue weighted by atomic mass is 9.97. The van der Waals surface area contributed by atoms with E-state index < -0.39 is 5.97 Å². The number of carboxylic acid groups (broad SMARTS) is 1. The summed E-state index contributed by atoms with van der Waals surface area (Å²) in [4.78, 5) is 15.9. The Morgan fingerprint density at radius 2 is 2.09 bits per heavy atom. The summed E-state index contributed by atoms with van der Waals surface area (Å²) >= 11 is 0. The fourth-order valence-corrected chi connectivity index (χ4v) is 5.55. The molecule has 0 bridgehead atoms. The number of ether oxygens (including phenoxy) is 1. The molecule has 2 aliphatic rings. The Hall–Kier alpha value is -3.87. The van der Waals surface area contributed by atoms with E-state index in [1.54, 1.807) is 12.1 Å². The fraction of sp³-hybridized carbons (Fsp3) is 0.286. The predicted molar refractivity (Wildman–Crippen MR) is 132 cm³/mol. The Bertz CT molecular complexity index is 1460. The molecule has 3 aromatic carbocycles. The van der Waals surface area contributed by atoms with Gasteiger partial charge in [0.2, 0.25) is 0 Å². The smallest absolute Gasteiger partial charge is 0.304 e. The van der Waals surface area contributed by atoms with Crippen LogP contribution in [0, 0.1) is 5.82 Å². The highest BCUT2D eigenvalue weighted by Crippen LogP contribution is 2.41. The monoisotopic (exact) mass is 471 g/mol. The molecular weight excluding hydrogens is 445 g/mol. The maximum Gasteiger partial charge on any atom is 0.304 e. The lowest BCUT2D eigenvalue weighted by Gasteiger charge is -2.18. The Labute approximate surface area is 202 Å². The summed E-state index contributed by atoms with van der Waals surface area (Å²) in [5.41, 5.74) is 7.04. The summed E-state index contributed by atoms with van der Waals surface area (Å²) in [6.07, 6.45) is 2.67. The van der Waals surface area contributed by atoms with Crippen molar-refractivity contribution in [2.45, 2.75) is 44.6 Å². The van der Waals surface area contributed by atoms with Gasteiger partial charge in [-0.05, 0) is 48.2 Å². The number of aromatic nitrogens is 2. The molecule has 178 valence electrons. The van der Waals surface area contributed by atoms with Crippen molar-refractivity contribution in [3.05, 3.63) is 82.9 Å². The van der Waals surface area contributed by atoms with Crippen molar-refractivity contribution >= 4 is 22.7 Å². The summed E-state index contributed by atoms with van der Waals surface area (Å²) in [6, 6.07) is 17.2. The third kappa shape index (κ3) is 3.71. The van der Waals surface area contributed by atoms with Crippen LogP contribution >= 0.6 is 0 Å². The molecule has 7 heteroatoms. The molecule has 0 amide bonds. The van der Waals surface area contributed by atoms with Crippen LogP contribution in [0.15, 0.2) is 54.6 Å². The minimum Gasteiger partial charge on any atom is -0.493 e. The normalized spacial score (nSPS) is 18.3. The Kier molecular flexibility index (Phi) is 5.20. The zero-order chi connectivity index (χ0) is 24.1. The summed E-state index contributed by atoms with van der Waals surface area (Å²) < 4.78 is 22.0. The SMILES string of the molecule is CCc1nc2ccc(F)cc2n1-c1cccc2c1CCC2Nc1ccc2c(c1)OC[C@H]2CC(=O)O. The van der Waals surface area contributed by atoms with Gasteiger partial charge in [0.05, 0.1) is 35.8 Å². The molecule has 0 fully saturated rings. The number of fused-ring (bicyclic) bond motifs is 3. The van der Waals surface area contributed by atoms with E-state index in [-0.39, 0.29) is 24.2 Å². The highest BCUT2D eigenvalue weighted by Gasteiger charge is 2.29. The van der Waals surface area contributed by atoms with Gasteiger partial charge in [0.1, 0.15) is 17.4 Å². The molecule has 6 rings (SSSR count). The second-order valence-electron chi connectivity index (χ2n) is 9.29. The van der Waals surface area contributed by atoms with E-state index in [0.29, 0.717) is 6.61 Å². The zero-order valence-electron chi connectivity index (χ0n) is 19.4. The molecule has 2 heterocycles. The number of aliphatic carboxylic acids is 1. The van der Waals surface area contributed by atoms with Crippen molar-refractivity contribution in [2.24, 2.45) is 0 Å². The molecule has 1 aliphatic heterocycles. The molecule has 1 aliphatic carbocycles. The number of aryl methyl sites for hydroxylation is 1. The number of carboxylic acids is 1. The Morgan fingerprint density at radius 3 is 2.91 bits per heavy atom. The third-order valence-corrected chi connectivity index (χ3v) is 7.14. The van der Waals surface area contributed by atoms with Crippen LogP contribution in [0.4, 0.5) is 10.1 Å².